The third kappa shape index (κ3) is 3.72. The maximum Gasteiger partial charge on any atom is 0.272 e. The number of aromatic nitrogens is 1. The number of nitro groups is 1. The number of nitrogens with one attached hydrogen (secondary N) is 1. The van der Waals surface area contributed by atoms with Gasteiger partial charge >= 0.3 is 0 Å². The van der Waals surface area contributed by atoms with Crippen molar-refractivity contribution in [2.45, 2.75) is 6.04 Å². The van der Waals surface area contributed by atoms with Crippen LogP contribution in [-0.2, 0) is 0 Å². The normalized spacial score (nSPS) is 11.6. The van der Waals surface area contributed by atoms with Gasteiger partial charge in [-0.05, 0) is 29.3 Å². The molecule has 3 aromatic rings. The van der Waals surface area contributed by atoms with E-state index in [2.05, 4.69) is 10.3 Å². The number of hydrogen-bond acceptors (Lipinski definition) is 4. The summed E-state index contributed by atoms with van der Waals surface area (Å²) in [5.74, 6) is -1.61. The fourth-order valence-corrected chi connectivity index (χ4v) is 2.57. The lowest BCUT2D eigenvalue weighted by molar-refractivity contribution is -0.385. The van der Waals surface area contributed by atoms with Crippen LogP contribution in [0.25, 0.3) is 0 Å². The summed E-state index contributed by atoms with van der Waals surface area (Å²) >= 11 is 0. The highest BCUT2D eigenvalue weighted by molar-refractivity contribution is 5.95. The Morgan fingerprint density at radius 2 is 1.69 bits per heavy atom. The van der Waals surface area contributed by atoms with Crippen LogP contribution in [0.15, 0.2) is 73.1 Å². The number of benzene rings is 2. The molecule has 1 N–H and O–H groups in total. The summed E-state index contributed by atoms with van der Waals surface area (Å²) in [7, 11) is 0. The Labute approximate surface area is 148 Å². The predicted octanol–water partition coefficient (Wildman–Crippen LogP) is 3.65. The molecule has 3 rings (SSSR count). The van der Waals surface area contributed by atoms with E-state index in [4.69, 9.17) is 0 Å². The molecule has 1 amide bonds. The largest absolute Gasteiger partial charge is 0.341 e. The number of rotatable bonds is 5. The molecule has 1 unspecified atom stereocenters. The van der Waals surface area contributed by atoms with Gasteiger partial charge < -0.3 is 5.32 Å². The number of pyridine rings is 1. The minimum absolute atomic E-state index is 0.259. The summed E-state index contributed by atoms with van der Waals surface area (Å²) in [6.07, 6.45) is 3.20. The van der Waals surface area contributed by atoms with Crippen LogP contribution >= 0.6 is 0 Å². The molecule has 1 atom stereocenters. The van der Waals surface area contributed by atoms with Crippen LogP contribution in [0.1, 0.15) is 27.5 Å². The fraction of sp³-hybridized carbons (Fsp3) is 0.0526. The van der Waals surface area contributed by atoms with Gasteiger partial charge in [-0.3, -0.25) is 19.9 Å². The lowest BCUT2D eigenvalue weighted by Gasteiger charge is -2.20. The number of nitrogens with zero attached hydrogens (tertiary/aromatic N) is 2. The summed E-state index contributed by atoms with van der Waals surface area (Å²) in [6.45, 7) is 0. The maximum absolute atomic E-state index is 14.1. The van der Waals surface area contributed by atoms with Gasteiger partial charge in [-0.15, -0.1) is 0 Å². The molecule has 2 aromatic carbocycles. The molecule has 1 heterocycles. The number of amides is 1. The number of nitro benzene ring substituents is 1. The molecule has 0 aliphatic rings. The van der Waals surface area contributed by atoms with Gasteiger partial charge in [0.1, 0.15) is 5.82 Å². The van der Waals surface area contributed by atoms with Gasteiger partial charge in [0.25, 0.3) is 11.6 Å². The van der Waals surface area contributed by atoms with Crippen molar-refractivity contribution in [3.8, 4) is 0 Å². The molecule has 0 aliphatic heterocycles. The Morgan fingerprint density at radius 1 is 1.04 bits per heavy atom. The minimum Gasteiger partial charge on any atom is -0.341 e. The van der Waals surface area contributed by atoms with E-state index in [1.807, 2.05) is 30.3 Å². The standard InChI is InChI=1S/C19H14FN3O3/c20-17-12-15(23(25)26)6-7-16(17)19(24)22-18(13-4-2-1-3-5-13)14-8-10-21-11-9-14/h1-12,18H,(H,22,24). The summed E-state index contributed by atoms with van der Waals surface area (Å²) < 4.78 is 14.1. The Bertz CT molecular complexity index is 894. The molecule has 26 heavy (non-hydrogen) atoms. The van der Waals surface area contributed by atoms with Crippen molar-refractivity contribution in [3.05, 3.63) is 106 Å². The zero-order chi connectivity index (χ0) is 18.5. The van der Waals surface area contributed by atoms with E-state index in [-0.39, 0.29) is 5.56 Å². The third-order valence-corrected chi connectivity index (χ3v) is 3.86. The second-order valence-corrected chi connectivity index (χ2v) is 5.52. The minimum atomic E-state index is -0.946. The average molecular weight is 351 g/mol. The van der Waals surface area contributed by atoms with E-state index in [0.717, 1.165) is 29.3 Å². The molecular formula is C19H14FN3O3. The summed E-state index contributed by atoms with van der Waals surface area (Å²) in [6, 6.07) is 15.2. The van der Waals surface area contributed by atoms with E-state index in [0.29, 0.717) is 0 Å². The highest BCUT2D eigenvalue weighted by Gasteiger charge is 2.21. The number of non-ortho nitro benzene ring substituents is 1. The van der Waals surface area contributed by atoms with Crippen LogP contribution in [0.5, 0.6) is 0 Å². The van der Waals surface area contributed by atoms with E-state index in [1.165, 1.54) is 0 Å². The first-order valence-electron chi connectivity index (χ1n) is 7.76. The van der Waals surface area contributed by atoms with Crippen molar-refractivity contribution in [3.63, 3.8) is 0 Å². The van der Waals surface area contributed by atoms with Crippen molar-refractivity contribution < 1.29 is 14.1 Å². The quantitative estimate of drug-likeness (QED) is 0.562. The van der Waals surface area contributed by atoms with Crippen LogP contribution in [0.3, 0.4) is 0 Å². The van der Waals surface area contributed by atoms with Crippen molar-refractivity contribution in [1.82, 2.24) is 10.3 Å². The van der Waals surface area contributed by atoms with Gasteiger partial charge in [0.15, 0.2) is 0 Å². The first-order chi connectivity index (χ1) is 12.6. The SMILES string of the molecule is O=C(NC(c1ccccc1)c1ccncc1)c1ccc([N+](=O)[O-])cc1F. The Kier molecular flexibility index (Phi) is 4.98. The van der Waals surface area contributed by atoms with Crippen LogP contribution in [-0.4, -0.2) is 15.8 Å². The van der Waals surface area contributed by atoms with Crippen molar-refractivity contribution in [2.24, 2.45) is 0 Å². The number of carbonyl (C=O) groups is 1. The van der Waals surface area contributed by atoms with Crippen molar-refractivity contribution in [1.29, 1.82) is 0 Å². The zero-order valence-electron chi connectivity index (χ0n) is 13.5. The maximum atomic E-state index is 14.1. The van der Waals surface area contributed by atoms with Crippen LogP contribution in [0.4, 0.5) is 10.1 Å². The Balaban J connectivity index is 1.92. The molecule has 0 saturated heterocycles. The highest BCUT2D eigenvalue weighted by Crippen LogP contribution is 2.23. The highest BCUT2D eigenvalue weighted by atomic mass is 19.1. The Morgan fingerprint density at radius 3 is 2.31 bits per heavy atom. The molecule has 6 nitrogen and oxygen atoms in total. The van der Waals surface area contributed by atoms with Crippen LogP contribution in [0, 0.1) is 15.9 Å². The predicted molar refractivity (Wildman–Crippen MR) is 93.0 cm³/mol. The van der Waals surface area contributed by atoms with Crippen molar-refractivity contribution >= 4 is 11.6 Å². The van der Waals surface area contributed by atoms with E-state index >= 15 is 0 Å². The summed E-state index contributed by atoms with van der Waals surface area (Å²) in [5, 5.41) is 13.5. The monoisotopic (exact) mass is 351 g/mol. The number of carbonyl (C=O) groups excluding carboxylic acids is 1. The van der Waals surface area contributed by atoms with Gasteiger partial charge in [-0.1, -0.05) is 30.3 Å². The lowest BCUT2D eigenvalue weighted by atomic mass is 9.99. The Hall–Kier alpha value is -3.61. The van der Waals surface area contributed by atoms with Crippen molar-refractivity contribution in [2.75, 3.05) is 0 Å². The number of halogens is 1. The van der Waals surface area contributed by atoms with Gasteiger partial charge in [-0.25, -0.2) is 4.39 Å². The molecule has 0 radical (unpaired) electrons. The van der Waals surface area contributed by atoms with Gasteiger partial charge in [-0.2, -0.15) is 0 Å². The molecule has 130 valence electrons. The summed E-state index contributed by atoms with van der Waals surface area (Å²) in [4.78, 5) is 26.5. The van der Waals surface area contributed by atoms with Gasteiger partial charge in [0.2, 0.25) is 0 Å². The van der Waals surface area contributed by atoms with Gasteiger partial charge in [0, 0.05) is 18.5 Å². The average Bonchev–Trinajstić information content (AvgIpc) is 2.67. The topological polar surface area (TPSA) is 85.1 Å². The second-order valence-electron chi connectivity index (χ2n) is 5.52. The summed E-state index contributed by atoms with van der Waals surface area (Å²) in [5.41, 5.74) is 0.926. The number of hydrogen-bond donors (Lipinski definition) is 1. The lowest BCUT2D eigenvalue weighted by Crippen LogP contribution is -2.30. The second kappa shape index (κ2) is 7.52. The molecule has 0 fully saturated rings. The zero-order valence-corrected chi connectivity index (χ0v) is 13.5. The van der Waals surface area contributed by atoms with E-state index in [9.17, 15) is 19.3 Å². The van der Waals surface area contributed by atoms with E-state index in [1.54, 1.807) is 24.5 Å². The molecule has 0 bridgehead atoms. The molecule has 0 spiro atoms. The molecular weight excluding hydrogens is 337 g/mol. The smallest absolute Gasteiger partial charge is 0.272 e. The molecule has 0 saturated carbocycles. The first kappa shape index (κ1) is 17.2. The van der Waals surface area contributed by atoms with E-state index < -0.39 is 28.4 Å². The third-order valence-electron chi connectivity index (χ3n) is 3.86. The van der Waals surface area contributed by atoms with Crippen LogP contribution in [0.2, 0.25) is 0 Å². The first-order valence-corrected chi connectivity index (χ1v) is 7.76. The molecule has 1 aromatic heterocycles. The molecule has 0 aliphatic carbocycles. The van der Waals surface area contributed by atoms with Crippen LogP contribution < -0.4 is 5.32 Å². The fourth-order valence-electron chi connectivity index (χ4n) is 2.57. The molecule has 7 heteroatoms. The van der Waals surface area contributed by atoms with Gasteiger partial charge in [0.05, 0.1) is 22.6 Å².